The van der Waals surface area contributed by atoms with Crippen LogP contribution < -0.4 is 9.47 Å². The topological polar surface area (TPSA) is 64.8 Å². The van der Waals surface area contributed by atoms with Crippen LogP contribution in [0.25, 0.3) is 0 Å². The molecule has 6 heteroatoms. The molecule has 0 radical (unpaired) electrons. The van der Waals surface area contributed by atoms with Crippen LogP contribution in [0, 0.1) is 6.92 Å². The molecule has 1 aromatic heterocycles. The summed E-state index contributed by atoms with van der Waals surface area (Å²) in [6.45, 7) is 4.84. The number of carbonyl (C=O) groups is 1. The van der Waals surface area contributed by atoms with Gasteiger partial charge in [0.15, 0.2) is 23.8 Å². The van der Waals surface area contributed by atoms with E-state index in [1.54, 1.807) is 7.11 Å². The first-order chi connectivity index (χ1) is 12.6. The molecular weight excluding hydrogens is 332 g/mol. The zero-order valence-corrected chi connectivity index (χ0v) is 15.4. The van der Waals surface area contributed by atoms with E-state index in [1.165, 1.54) is 6.26 Å². The number of nitrogens with zero attached hydrogens (tertiary/aromatic N) is 2. The minimum absolute atomic E-state index is 0.114. The van der Waals surface area contributed by atoms with E-state index in [2.05, 4.69) is 18.0 Å². The predicted octanol–water partition coefficient (Wildman–Crippen LogP) is 3.75. The van der Waals surface area contributed by atoms with Gasteiger partial charge in [-0.15, -0.1) is 0 Å². The standard InChI is InChI=1S/C20H24N2O4/c1-4-6-15-7-5-10-22(15)20(23)16-12-26-19(21-16)13-25-17-9-8-14(2)11-18(17)24-3/h5,7-9,11-12,15H,4,6,10,13H2,1-3H3/t15-/m1/s1. The lowest BCUT2D eigenvalue weighted by molar-refractivity contribution is 0.0738. The van der Waals surface area contributed by atoms with Crippen molar-refractivity contribution >= 4 is 5.91 Å². The van der Waals surface area contributed by atoms with Crippen molar-refractivity contribution in [3.05, 3.63) is 53.8 Å². The van der Waals surface area contributed by atoms with E-state index in [0.29, 0.717) is 29.6 Å². The molecule has 0 spiro atoms. The molecule has 138 valence electrons. The summed E-state index contributed by atoms with van der Waals surface area (Å²) in [5, 5.41) is 0. The first-order valence-electron chi connectivity index (χ1n) is 8.81. The van der Waals surface area contributed by atoms with Crippen LogP contribution in [0.5, 0.6) is 11.5 Å². The van der Waals surface area contributed by atoms with Crippen LogP contribution in [0.15, 0.2) is 41.0 Å². The summed E-state index contributed by atoms with van der Waals surface area (Å²) in [5.74, 6) is 1.50. The van der Waals surface area contributed by atoms with Gasteiger partial charge in [-0.05, 0) is 31.0 Å². The average molecular weight is 356 g/mol. The van der Waals surface area contributed by atoms with E-state index >= 15 is 0 Å². The molecule has 1 atom stereocenters. The van der Waals surface area contributed by atoms with Crippen molar-refractivity contribution in [3.63, 3.8) is 0 Å². The van der Waals surface area contributed by atoms with Crippen LogP contribution >= 0.6 is 0 Å². The molecule has 0 fully saturated rings. The molecule has 0 saturated heterocycles. The molecular formula is C20H24N2O4. The number of carbonyl (C=O) groups excluding carboxylic acids is 1. The van der Waals surface area contributed by atoms with Crippen LogP contribution in [0.1, 0.15) is 41.7 Å². The van der Waals surface area contributed by atoms with E-state index < -0.39 is 0 Å². The summed E-state index contributed by atoms with van der Waals surface area (Å²) in [7, 11) is 1.60. The molecule has 26 heavy (non-hydrogen) atoms. The number of aromatic nitrogens is 1. The lowest BCUT2D eigenvalue weighted by atomic mass is 10.1. The van der Waals surface area contributed by atoms with E-state index in [9.17, 15) is 4.79 Å². The van der Waals surface area contributed by atoms with Gasteiger partial charge >= 0.3 is 0 Å². The van der Waals surface area contributed by atoms with Crippen LogP contribution in [-0.2, 0) is 6.61 Å². The van der Waals surface area contributed by atoms with Gasteiger partial charge in [0.1, 0.15) is 6.26 Å². The maximum Gasteiger partial charge on any atom is 0.276 e. The van der Waals surface area contributed by atoms with Crippen molar-refractivity contribution in [1.29, 1.82) is 0 Å². The van der Waals surface area contributed by atoms with Crippen LogP contribution in [-0.4, -0.2) is 35.5 Å². The van der Waals surface area contributed by atoms with Crippen molar-refractivity contribution < 1.29 is 18.7 Å². The summed E-state index contributed by atoms with van der Waals surface area (Å²) in [4.78, 5) is 18.8. The molecule has 0 N–H and O–H groups in total. The van der Waals surface area contributed by atoms with E-state index in [1.807, 2.05) is 36.1 Å². The lowest BCUT2D eigenvalue weighted by Gasteiger charge is -2.23. The van der Waals surface area contributed by atoms with Crippen molar-refractivity contribution in [2.24, 2.45) is 0 Å². The largest absolute Gasteiger partial charge is 0.493 e. The number of oxazole rings is 1. The molecule has 2 heterocycles. The smallest absolute Gasteiger partial charge is 0.276 e. The Morgan fingerprint density at radius 3 is 3.00 bits per heavy atom. The highest BCUT2D eigenvalue weighted by molar-refractivity contribution is 5.92. The fourth-order valence-corrected chi connectivity index (χ4v) is 3.01. The third-order valence-corrected chi connectivity index (χ3v) is 4.35. The summed E-state index contributed by atoms with van der Waals surface area (Å²) in [6, 6.07) is 5.82. The normalized spacial score (nSPS) is 16.1. The molecule has 1 amide bonds. The molecule has 0 unspecified atom stereocenters. The minimum atomic E-state index is -0.114. The monoisotopic (exact) mass is 356 g/mol. The quantitative estimate of drug-likeness (QED) is 0.707. The number of hydrogen-bond acceptors (Lipinski definition) is 5. The highest BCUT2D eigenvalue weighted by Gasteiger charge is 2.27. The van der Waals surface area contributed by atoms with Gasteiger partial charge in [-0.25, -0.2) is 4.98 Å². The summed E-state index contributed by atoms with van der Waals surface area (Å²) in [6.07, 6.45) is 7.47. The third kappa shape index (κ3) is 3.90. The summed E-state index contributed by atoms with van der Waals surface area (Å²) >= 11 is 0. The van der Waals surface area contributed by atoms with Crippen LogP contribution in [0.2, 0.25) is 0 Å². The highest BCUT2D eigenvalue weighted by Crippen LogP contribution is 2.28. The molecule has 1 aliphatic heterocycles. The Morgan fingerprint density at radius 2 is 2.23 bits per heavy atom. The van der Waals surface area contributed by atoms with Gasteiger partial charge in [0.2, 0.25) is 5.89 Å². The Balaban J connectivity index is 1.64. The van der Waals surface area contributed by atoms with Gasteiger partial charge < -0.3 is 18.8 Å². The molecule has 0 saturated carbocycles. The first kappa shape index (κ1) is 18.0. The Hall–Kier alpha value is -2.76. The Labute approximate surface area is 153 Å². The van der Waals surface area contributed by atoms with Gasteiger partial charge in [-0.2, -0.15) is 0 Å². The zero-order chi connectivity index (χ0) is 18.5. The van der Waals surface area contributed by atoms with E-state index in [0.717, 1.165) is 18.4 Å². The van der Waals surface area contributed by atoms with Gasteiger partial charge in [-0.1, -0.05) is 31.6 Å². The molecule has 2 aromatic rings. The van der Waals surface area contributed by atoms with Crippen molar-refractivity contribution in [3.8, 4) is 11.5 Å². The Morgan fingerprint density at radius 1 is 1.38 bits per heavy atom. The first-order valence-corrected chi connectivity index (χ1v) is 8.81. The molecule has 3 rings (SSSR count). The van der Waals surface area contributed by atoms with Gasteiger partial charge in [0, 0.05) is 6.54 Å². The third-order valence-electron chi connectivity index (χ3n) is 4.35. The van der Waals surface area contributed by atoms with E-state index in [4.69, 9.17) is 13.9 Å². The number of ether oxygens (including phenoxy) is 2. The maximum atomic E-state index is 12.7. The van der Waals surface area contributed by atoms with Crippen molar-refractivity contribution in [2.75, 3.05) is 13.7 Å². The van der Waals surface area contributed by atoms with Gasteiger partial charge in [0.05, 0.1) is 13.2 Å². The number of methoxy groups -OCH3 is 1. The number of amides is 1. The zero-order valence-electron chi connectivity index (χ0n) is 15.4. The van der Waals surface area contributed by atoms with Crippen molar-refractivity contribution in [1.82, 2.24) is 9.88 Å². The molecule has 1 aliphatic rings. The fraction of sp³-hybridized carbons (Fsp3) is 0.400. The Kier molecular flexibility index (Phi) is 5.61. The minimum Gasteiger partial charge on any atom is -0.493 e. The highest BCUT2D eigenvalue weighted by atomic mass is 16.5. The number of aryl methyl sites for hydroxylation is 1. The second-order valence-corrected chi connectivity index (χ2v) is 6.31. The molecule has 1 aromatic carbocycles. The van der Waals surface area contributed by atoms with Crippen LogP contribution in [0.3, 0.4) is 0 Å². The number of benzene rings is 1. The number of rotatable bonds is 7. The maximum absolute atomic E-state index is 12.7. The molecule has 0 bridgehead atoms. The van der Waals surface area contributed by atoms with Crippen molar-refractivity contribution in [2.45, 2.75) is 39.3 Å². The van der Waals surface area contributed by atoms with Gasteiger partial charge in [0.25, 0.3) is 5.91 Å². The predicted molar refractivity (Wildman–Crippen MR) is 97.4 cm³/mol. The molecule has 0 aliphatic carbocycles. The second-order valence-electron chi connectivity index (χ2n) is 6.31. The fourth-order valence-electron chi connectivity index (χ4n) is 3.01. The number of hydrogen-bond donors (Lipinski definition) is 0. The Bertz CT molecular complexity index is 797. The van der Waals surface area contributed by atoms with Gasteiger partial charge in [-0.3, -0.25) is 4.79 Å². The lowest BCUT2D eigenvalue weighted by Crippen LogP contribution is -2.36. The molecule has 6 nitrogen and oxygen atoms in total. The van der Waals surface area contributed by atoms with Crippen LogP contribution in [0.4, 0.5) is 0 Å². The second kappa shape index (κ2) is 8.08. The summed E-state index contributed by atoms with van der Waals surface area (Å²) in [5.41, 5.74) is 1.39. The van der Waals surface area contributed by atoms with E-state index in [-0.39, 0.29) is 18.6 Å². The SMILES string of the molecule is CCC[C@@H]1C=CCN1C(=O)c1coc(COc2ccc(C)cc2OC)n1. The summed E-state index contributed by atoms with van der Waals surface area (Å²) < 4.78 is 16.5. The average Bonchev–Trinajstić information content (AvgIpc) is 3.30.